The van der Waals surface area contributed by atoms with Gasteiger partial charge in [0.2, 0.25) is 10.0 Å². The maximum atomic E-state index is 13.4. The van der Waals surface area contributed by atoms with Gasteiger partial charge >= 0.3 is 0 Å². The molecule has 1 saturated heterocycles. The number of piperidine rings is 1. The van der Waals surface area contributed by atoms with Crippen molar-refractivity contribution in [3.05, 3.63) is 64.5 Å². The molecular weight excluding hydrogens is 584 g/mol. The van der Waals surface area contributed by atoms with Crippen LogP contribution in [0.5, 0.6) is 0 Å². The van der Waals surface area contributed by atoms with E-state index in [0.717, 1.165) is 64.6 Å². The number of fused-ring (bicyclic) bond motifs is 2. The van der Waals surface area contributed by atoms with Crippen molar-refractivity contribution in [1.82, 2.24) is 14.2 Å². The van der Waals surface area contributed by atoms with Gasteiger partial charge in [0.15, 0.2) is 0 Å². The van der Waals surface area contributed by atoms with E-state index in [2.05, 4.69) is 30.1 Å². The SMILES string of the molecule is CC(C)N1CCc2c(sc(NC(=O)c3ccc(S(=O)(=O)N4CCCCC4)cc3)c2-c2nc3ccccc3s2)C1.Cl. The fourth-order valence-corrected chi connectivity index (χ4v) is 9.26. The number of amides is 1. The number of benzene rings is 2. The molecule has 11 heteroatoms. The zero-order valence-electron chi connectivity index (χ0n) is 22.6. The lowest BCUT2D eigenvalue weighted by atomic mass is 10.0. The van der Waals surface area contributed by atoms with E-state index in [9.17, 15) is 13.2 Å². The van der Waals surface area contributed by atoms with E-state index in [1.807, 2.05) is 18.2 Å². The first-order valence-electron chi connectivity index (χ1n) is 13.5. The Morgan fingerprint density at radius 1 is 0.975 bits per heavy atom. The Morgan fingerprint density at radius 2 is 1.70 bits per heavy atom. The third-order valence-corrected chi connectivity index (χ3v) is 11.7. The standard InChI is InChI=1S/C29H32N4O3S3.ClH/c1-19(2)32-17-14-22-25(18-32)38-29(26(22)28-30-23-8-4-5-9-24(23)37-28)31-27(34)20-10-12-21(13-11-20)39(35,36)33-15-6-3-7-16-33;/h4-5,8-13,19H,3,6-7,14-18H2,1-2H3,(H,31,34);1H. The predicted octanol–water partition coefficient (Wildman–Crippen LogP) is 6.64. The Balaban J connectivity index is 0.00000323. The van der Waals surface area contributed by atoms with Crippen molar-refractivity contribution in [3.8, 4) is 10.6 Å². The van der Waals surface area contributed by atoms with Crippen LogP contribution in [0.3, 0.4) is 0 Å². The molecule has 1 amide bonds. The van der Waals surface area contributed by atoms with Crippen molar-refractivity contribution in [2.75, 3.05) is 25.0 Å². The molecule has 0 aliphatic carbocycles. The maximum absolute atomic E-state index is 13.4. The van der Waals surface area contributed by atoms with Gasteiger partial charge in [0.25, 0.3) is 5.91 Å². The zero-order chi connectivity index (χ0) is 27.1. The average Bonchev–Trinajstić information content (AvgIpc) is 3.53. The van der Waals surface area contributed by atoms with Crippen LogP contribution < -0.4 is 5.32 Å². The van der Waals surface area contributed by atoms with Gasteiger partial charge in [-0.3, -0.25) is 9.69 Å². The number of thiazole rings is 1. The largest absolute Gasteiger partial charge is 0.313 e. The van der Waals surface area contributed by atoms with Crippen molar-refractivity contribution >= 4 is 66.2 Å². The minimum absolute atomic E-state index is 0. The van der Waals surface area contributed by atoms with Gasteiger partial charge in [0, 0.05) is 48.2 Å². The normalized spacial score (nSPS) is 16.6. The number of hydrogen-bond donors (Lipinski definition) is 1. The van der Waals surface area contributed by atoms with Gasteiger partial charge in [-0.1, -0.05) is 18.6 Å². The number of para-hydroxylation sites is 1. The molecule has 7 nitrogen and oxygen atoms in total. The van der Waals surface area contributed by atoms with E-state index in [-0.39, 0.29) is 23.2 Å². The number of thiophene rings is 1. The van der Waals surface area contributed by atoms with Gasteiger partial charge in [-0.2, -0.15) is 4.31 Å². The number of carbonyl (C=O) groups is 1. The second-order valence-electron chi connectivity index (χ2n) is 10.5. The number of carbonyl (C=O) groups excluding carboxylic acids is 1. The van der Waals surface area contributed by atoms with E-state index >= 15 is 0 Å². The van der Waals surface area contributed by atoms with E-state index in [4.69, 9.17) is 4.98 Å². The molecule has 2 aromatic heterocycles. The van der Waals surface area contributed by atoms with Gasteiger partial charge in [-0.15, -0.1) is 35.1 Å². The first-order chi connectivity index (χ1) is 18.8. The second-order valence-corrected chi connectivity index (χ2v) is 14.5. The van der Waals surface area contributed by atoms with Crippen molar-refractivity contribution in [2.24, 2.45) is 0 Å². The van der Waals surface area contributed by atoms with E-state index in [1.54, 1.807) is 51.2 Å². The Hall–Kier alpha value is -2.34. The minimum atomic E-state index is -3.54. The summed E-state index contributed by atoms with van der Waals surface area (Å²) in [4.78, 5) is 22.3. The molecule has 0 radical (unpaired) electrons. The van der Waals surface area contributed by atoms with Gasteiger partial charge in [-0.25, -0.2) is 13.4 Å². The predicted molar refractivity (Wildman–Crippen MR) is 166 cm³/mol. The van der Waals surface area contributed by atoms with Crippen LogP contribution in [0.4, 0.5) is 5.00 Å². The number of aromatic nitrogens is 1. The molecule has 1 N–H and O–H groups in total. The van der Waals surface area contributed by atoms with Crippen LogP contribution >= 0.6 is 35.1 Å². The summed E-state index contributed by atoms with van der Waals surface area (Å²) in [5, 5.41) is 4.89. The smallest absolute Gasteiger partial charge is 0.256 e. The molecule has 0 bridgehead atoms. The van der Waals surface area contributed by atoms with Crippen LogP contribution in [-0.4, -0.2) is 54.2 Å². The molecule has 0 saturated carbocycles. The molecule has 0 unspecified atom stereocenters. The molecule has 2 aliphatic rings. The molecule has 1 fully saturated rings. The molecular formula is C29H33ClN4O3S3. The summed E-state index contributed by atoms with van der Waals surface area (Å²) in [6, 6.07) is 14.9. The van der Waals surface area contributed by atoms with Crippen LogP contribution in [0.25, 0.3) is 20.8 Å². The number of hydrogen-bond acceptors (Lipinski definition) is 7. The number of nitrogens with one attached hydrogen (secondary N) is 1. The molecule has 4 aromatic rings. The monoisotopic (exact) mass is 616 g/mol. The van der Waals surface area contributed by atoms with Crippen molar-refractivity contribution in [2.45, 2.75) is 57.0 Å². The minimum Gasteiger partial charge on any atom is -0.313 e. The summed E-state index contributed by atoms with van der Waals surface area (Å²) >= 11 is 3.28. The zero-order valence-corrected chi connectivity index (χ0v) is 25.8. The van der Waals surface area contributed by atoms with Crippen LogP contribution in [-0.2, 0) is 23.0 Å². The van der Waals surface area contributed by atoms with Gasteiger partial charge in [0.05, 0.1) is 15.1 Å². The number of nitrogens with zero attached hydrogens (tertiary/aromatic N) is 3. The van der Waals surface area contributed by atoms with Crippen LogP contribution in [0.1, 0.15) is 53.9 Å². The second kappa shape index (κ2) is 11.9. The molecule has 0 atom stereocenters. The third-order valence-electron chi connectivity index (χ3n) is 7.62. The third kappa shape index (κ3) is 5.57. The highest BCUT2D eigenvalue weighted by atomic mass is 35.5. The molecule has 6 rings (SSSR count). The van der Waals surface area contributed by atoms with Crippen LogP contribution in [0, 0.1) is 0 Å². The maximum Gasteiger partial charge on any atom is 0.256 e. The van der Waals surface area contributed by atoms with Gasteiger partial charge in [0.1, 0.15) is 10.0 Å². The Labute approximate surface area is 249 Å². The summed E-state index contributed by atoms with van der Waals surface area (Å²) in [7, 11) is -3.54. The molecule has 40 heavy (non-hydrogen) atoms. The topological polar surface area (TPSA) is 82.6 Å². The highest BCUT2D eigenvalue weighted by Gasteiger charge is 2.29. The van der Waals surface area contributed by atoms with E-state index < -0.39 is 10.0 Å². The molecule has 4 heterocycles. The average molecular weight is 617 g/mol. The molecule has 0 spiro atoms. The summed E-state index contributed by atoms with van der Waals surface area (Å²) in [5.74, 6) is -0.251. The Kier molecular flexibility index (Phi) is 8.66. The van der Waals surface area contributed by atoms with E-state index in [0.29, 0.717) is 24.7 Å². The molecule has 212 valence electrons. The van der Waals surface area contributed by atoms with Crippen LogP contribution in [0.2, 0.25) is 0 Å². The first kappa shape index (κ1) is 29.2. The molecule has 2 aromatic carbocycles. The van der Waals surface area contributed by atoms with Crippen molar-refractivity contribution < 1.29 is 13.2 Å². The van der Waals surface area contributed by atoms with Gasteiger partial charge < -0.3 is 5.32 Å². The fourth-order valence-electron chi connectivity index (χ4n) is 5.37. The number of sulfonamides is 1. The lowest BCUT2D eigenvalue weighted by molar-refractivity contribution is 0.102. The van der Waals surface area contributed by atoms with Crippen molar-refractivity contribution in [1.29, 1.82) is 0 Å². The number of halogens is 1. The van der Waals surface area contributed by atoms with Crippen LogP contribution in [0.15, 0.2) is 53.4 Å². The summed E-state index contributed by atoms with van der Waals surface area (Å²) in [6.45, 7) is 7.36. The Morgan fingerprint density at radius 3 is 2.40 bits per heavy atom. The fraction of sp³-hybridized carbons (Fsp3) is 0.379. The molecule has 2 aliphatic heterocycles. The highest BCUT2D eigenvalue weighted by molar-refractivity contribution is 7.89. The lowest BCUT2D eigenvalue weighted by Crippen LogP contribution is -2.35. The summed E-state index contributed by atoms with van der Waals surface area (Å²) in [6.07, 6.45) is 3.74. The quantitative estimate of drug-likeness (QED) is 0.263. The Bertz CT molecular complexity index is 1590. The van der Waals surface area contributed by atoms with E-state index in [1.165, 1.54) is 10.4 Å². The first-order valence-corrected chi connectivity index (χ1v) is 16.5. The van der Waals surface area contributed by atoms with Crippen molar-refractivity contribution in [3.63, 3.8) is 0 Å². The van der Waals surface area contributed by atoms with Gasteiger partial charge in [-0.05, 0) is 75.1 Å². The lowest BCUT2D eigenvalue weighted by Gasteiger charge is -2.30. The number of anilines is 1. The highest BCUT2D eigenvalue weighted by Crippen LogP contribution is 2.46. The summed E-state index contributed by atoms with van der Waals surface area (Å²) in [5.41, 5.74) is 3.68. The summed E-state index contributed by atoms with van der Waals surface area (Å²) < 4.78 is 28.7. The number of rotatable bonds is 6.